The summed E-state index contributed by atoms with van der Waals surface area (Å²) in [5.41, 5.74) is 3.31. The van der Waals surface area contributed by atoms with Gasteiger partial charge in [-0.15, -0.1) is 0 Å². The highest BCUT2D eigenvalue weighted by Gasteiger charge is 2.19. The third-order valence-electron chi connectivity index (χ3n) is 4.93. The van der Waals surface area contributed by atoms with Crippen molar-refractivity contribution in [2.24, 2.45) is 0 Å². The largest absolute Gasteiger partial charge is 0.365 e. The number of hydrogen-bond acceptors (Lipinski definition) is 6. The lowest BCUT2D eigenvalue weighted by Gasteiger charge is -2.21. The Morgan fingerprint density at radius 1 is 1.19 bits per heavy atom. The predicted molar refractivity (Wildman–Crippen MR) is 105 cm³/mol. The van der Waals surface area contributed by atoms with Crippen LogP contribution in [0.15, 0.2) is 43.2 Å². The molecule has 3 aromatic heterocycles. The normalized spacial score (nSPS) is 15.0. The number of anilines is 1. The van der Waals surface area contributed by atoms with E-state index in [1.807, 2.05) is 37.1 Å². The molecule has 140 valence electrons. The summed E-state index contributed by atoms with van der Waals surface area (Å²) in [7, 11) is 0. The maximum atomic E-state index is 4.90. The molecule has 3 aromatic rings. The number of hydrogen-bond donors (Lipinski definition) is 2. The molecule has 0 unspecified atom stereocenters. The quantitative estimate of drug-likeness (QED) is 0.700. The van der Waals surface area contributed by atoms with Crippen LogP contribution in [0.3, 0.4) is 0 Å². The molecule has 0 spiro atoms. The molecule has 0 bridgehead atoms. The Bertz CT molecular complexity index is 862. The first-order valence-electron chi connectivity index (χ1n) is 9.56. The fourth-order valence-electron chi connectivity index (χ4n) is 3.41. The Kier molecular flexibility index (Phi) is 5.39. The molecule has 1 aliphatic rings. The van der Waals surface area contributed by atoms with Crippen LogP contribution in [0.4, 0.5) is 5.82 Å². The second kappa shape index (κ2) is 8.26. The maximum absolute atomic E-state index is 4.90. The first-order valence-corrected chi connectivity index (χ1v) is 9.56. The average Bonchev–Trinajstić information content (AvgIpc) is 3.10. The standard InChI is InChI=1S/C20H25N7/c1-2-16(13-27-11-10-23-14-27)24-20-17-5-8-21-9-6-18(17)25-19(26-20)15-4-3-7-22-12-15/h3-4,7,10-12,14,16,21H,2,5-6,8-9,13H2,1H3,(H,24,25,26)/t16-/m0/s1. The molecule has 2 N–H and O–H groups in total. The van der Waals surface area contributed by atoms with Gasteiger partial charge in [0.1, 0.15) is 5.82 Å². The Hall–Kier alpha value is -2.80. The van der Waals surface area contributed by atoms with E-state index in [-0.39, 0.29) is 6.04 Å². The van der Waals surface area contributed by atoms with Crippen molar-refractivity contribution < 1.29 is 0 Å². The predicted octanol–water partition coefficient (Wildman–Crippen LogP) is 2.31. The van der Waals surface area contributed by atoms with E-state index < -0.39 is 0 Å². The van der Waals surface area contributed by atoms with E-state index in [4.69, 9.17) is 9.97 Å². The topological polar surface area (TPSA) is 80.6 Å². The summed E-state index contributed by atoms with van der Waals surface area (Å²) in [6, 6.07) is 4.21. The molecular weight excluding hydrogens is 338 g/mol. The summed E-state index contributed by atoms with van der Waals surface area (Å²) in [5, 5.41) is 7.15. The lowest BCUT2D eigenvalue weighted by atomic mass is 10.1. The molecule has 0 saturated heterocycles. The van der Waals surface area contributed by atoms with Crippen LogP contribution in [0, 0.1) is 0 Å². The molecule has 0 aromatic carbocycles. The highest BCUT2D eigenvalue weighted by Crippen LogP contribution is 2.25. The maximum Gasteiger partial charge on any atom is 0.163 e. The minimum atomic E-state index is 0.274. The third kappa shape index (κ3) is 4.14. The van der Waals surface area contributed by atoms with Crippen molar-refractivity contribution in [3.8, 4) is 11.4 Å². The highest BCUT2D eigenvalue weighted by molar-refractivity contribution is 5.59. The van der Waals surface area contributed by atoms with Gasteiger partial charge in [-0.2, -0.15) is 0 Å². The zero-order valence-electron chi connectivity index (χ0n) is 15.6. The van der Waals surface area contributed by atoms with Crippen LogP contribution in [0.1, 0.15) is 24.6 Å². The molecule has 27 heavy (non-hydrogen) atoms. The molecule has 7 heteroatoms. The summed E-state index contributed by atoms with van der Waals surface area (Å²) in [6.45, 7) is 4.95. The van der Waals surface area contributed by atoms with Gasteiger partial charge in [-0.1, -0.05) is 6.92 Å². The highest BCUT2D eigenvalue weighted by atomic mass is 15.1. The molecule has 7 nitrogen and oxygen atoms in total. The third-order valence-corrected chi connectivity index (χ3v) is 4.93. The Labute approximate surface area is 159 Å². The Balaban J connectivity index is 1.68. The summed E-state index contributed by atoms with van der Waals surface area (Å²) < 4.78 is 2.10. The molecule has 0 fully saturated rings. The van der Waals surface area contributed by atoms with Crippen molar-refractivity contribution in [2.45, 2.75) is 38.8 Å². The molecule has 0 radical (unpaired) electrons. The van der Waals surface area contributed by atoms with Crippen LogP contribution in [-0.2, 0) is 19.4 Å². The van der Waals surface area contributed by atoms with Crippen LogP contribution in [0.2, 0.25) is 0 Å². The van der Waals surface area contributed by atoms with E-state index in [1.165, 1.54) is 5.56 Å². The van der Waals surface area contributed by atoms with Gasteiger partial charge in [0.2, 0.25) is 0 Å². The minimum absolute atomic E-state index is 0.274. The second-order valence-corrected chi connectivity index (χ2v) is 6.82. The lowest BCUT2D eigenvalue weighted by molar-refractivity contribution is 0.566. The van der Waals surface area contributed by atoms with Gasteiger partial charge < -0.3 is 15.2 Å². The smallest absolute Gasteiger partial charge is 0.163 e. The van der Waals surface area contributed by atoms with Crippen LogP contribution in [0.25, 0.3) is 11.4 Å². The summed E-state index contributed by atoms with van der Waals surface area (Å²) in [6.07, 6.45) is 12.1. The van der Waals surface area contributed by atoms with Crippen molar-refractivity contribution in [1.29, 1.82) is 0 Å². The van der Waals surface area contributed by atoms with E-state index in [1.54, 1.807) is 6.20 Å². The van der Waals surface area contributed by atoms with Gasteiger partial charge in [0, 0.05) is 61.5 Å². The monoisotopic (exact) mass is 363 g/mol. The fraction of sp³-hybridized carbons (Fsp3) is 0.400. The van der Waals surface area contributed by atoms with Crippen molar-refractivity contribution in [3.05, 3.63) is 54.5 Å². The average molecular weight is 363 g/mol. The number of rotatable bonds is 6. The van der Waals surface area contributed by atoms with Gasteiger partial charge in [0.25, 0.3) is 0 Å². The molecule has 0 amide bonds. The van der Waals surface area contributed by atoms with Crippen molar-refractivity contribution in [1.82, 2.24) is 29.8 Å². The molecule has 0 aliphatic carbocycles. The second-order valence-electron chi connectivity index (χ2n) is 6.82. The van der Waals surface area contributed by atoms with Gasteiger partial charge in [-0.05, 0) is 31.5 Å². The van der Waals surface area contributed by atoms with Crippen molar-refractivity contribution in [2.75, 3.05) is 18.4 Å². The van der Waals surface area contributed by atoms with Gasteiger partial charge in [-0.25, -0.2) is 15.0 Å². The summed E-state index contributed by atoms with van der Waals surface area (Å²) in [5.74, 6) is 1.69. The first kappa shape index (κ1) is 17.6. The first-order chi connectivity index (χ1) is 13.3. The molecule has 1 atom stereocenters. The lowest BCUT2D eigenvalue weighted by Crippen LogP contribution is -2.26. The van der Waals surface area contributed by atoms with Crippen LogP contribution >= 0.6 is 0 Å². The number of aromatic nitrogens is 5. The molecule has 1 aliphatic heterocycles. The fourth-order valence-corrected chi connectivity index (χ4v) is 3.41. The summed E-state index contributed by atoms with van der Waals surface area (Å²) in [4.78, 5) is 18.1. The number of nitrogens with zero attached hydrogens (tertiary/aromatic N) is 5. The van der Waals surface area contributed by atoms with E-state index in [9.17, 15) is 0 Å². The van der Waals surface area contributed by atoms with Crippen LogP contribution < -0.4 is 10.6 Å². The van der Waals surface area contributed by atoms with Gasteiger partial charge in [0.15, 0.2) is 5.82 Å². The summed E-state index contributed by atoms with van der Waals surface area (Å²) >= 11 is 0. The number of fused-ring (bicyclic) bond motifs is 1. The molecule has 4 rings (SSSR count). The Morgan fingerprint density at radius 3 is 2.89 bits per heavy atom. The van der Waals surface area contributed by atoms with E-state index in [0.717, 1.165) is 61.8 Å². The van der Waals surface area contributed by atoms with E-state index in [0.29, 0.717) is 0 Å². The number of nitrogens with one attached hydrogen (secondary N) is 2. The van der Waals surface area contributed by atoms with Crippen molar-refractivity contribution in [3.63, 3.8) is 0 Å². The molecular formula is C20H25N7. The number of imidazole rings is 1. The zero-order valence-corrected chi connectivity index (χ0v) is 15.6. The van der Waals surface area contributed by atoms with Gasteiger partial charge in [0.05, 0.1) is 12.0 Å². The SMILES string of the molecule is CC[C@@H](Cn1ccnc1)Nc1nc(-c2cccnc2)nc2c1CCNCC2. The molecule has 4 heterocycles. The minimum Gasteiger partial charge on any atom is -0.365 e. The molecule has 0 saturated carbocycles. The van der Waals surface area contributed by atoms with E-state index in [2.05, 4.69) is 32.1 Å². The van der Waals surface area contributed by atoms with Gasteiger partial charge in [-0.3, -0.25) is 4.98 Å². The Morgan fingerprint density at radius 2 is 2.11 bits per heavy atom. The van der Waals surface area contributed by atoms with Gasteiger partial charge >= 0.3 is 0 Å². The van der Waals surface area contributed by atoms with Crippen LogP contribution in [0.5, 0.6) is 0 Å². The zero-order chi connectivity index (χ0) is 18.5. The van der Waals surface area contributed by atoms with Crippen molar-refractivity contribution >= 4 is 5.82 Å². The number of pyridine rings is 1. The van der Waals surface area contributed by atoms with E-state index >= 15 is 0 Å². The van der Waals surface area contributed by atoms with Crippen LogP contribution in [-0.4, -0.2) is 43.6 Å².